The molecule has 0 aromatic heterocycles. The fraction of sp³-hybridized carbons (Fsp3) is 0.438. The van der Waals surface area contributed by atoms with Gasteiger partial charge in [-0.15, -0.1) is 0 Å². The lowest BCUT2D eigenvalue weighted by Gasteiger charge is -2.24. The van der Waals surface area contributed by atoms with Gasteiger partial charge in [0.1, 0.15) is 5.75 Å². The SMILES string of the molecule is CCC(C)(C)OCc1cc(C=CC(=O)O)ccc1OC. The summed E-state index contributed by atoms with van der Waals surface area (Å²) in [5.74, 6) is -0.227. The highest BCUT2D eigenvalue weighted by atomic mass is 16.5. The van der Waals surface area contributed by atoms with Crippen LogP contribution in [0.5, 0.6) is 5.75 Å². The summed E-state index contributed by atoms with van der Waals surface area (Å²) in [4.78, 5) is 10.5. The Bertz CT molecular complexity index is 489. The molecule has 1 aromatic rings. The Morgan fingerprint density at radius 1 is 1.40 bits per heavy atom. The number of carboxylic acids is 1. The van der Waals surface area contributed by atoms with Crippen molar-refractivity contribution in [1.82, 2.24) is 0 Å². The molecule has 0 saturated heterocycles. The standard InChI is InChI=1S/C16H22O4/c1-5-16(2,3)20-11-13-10-12(7-9-15(17)18)6-8-14(13)19-4/h6-10H,5,11H2,1-4H3,(H,17,18). The molecule has 0 amide bonds. The molecule has 0 fully saturated rings. The van der Waals surface area contributed by atoms with E-state index in [2.05, 4.69) is 6.92 Å². The van der Waals surface area contributed by atoms with E-state index in [0.29, 0.717) is 6.61 Å². The Labute approximate surface area is 120 Å². The van der Waals surface area contributed by atoms with Crippen LogP contribution in [-0.2, 0) is 16.1 Å². The Morgan fingerprint density at radius 3 is 2.65 bits per heavy atom. The molecule has 1 N–H and O–H groups in total. The van der Waals surface area contributed by atoms with Gasteiger partial charge in [-0.25, -0.2) is 4.79 Å². The highest BCUT2D eigenvalue weighted by Gasteiger charge is 2.16. The molecule has 4 heteroatoms. The van der Waals surface area contributed by atoms with Crippen molar-refractivity contribution < 1.29 is 19.4 Å². The smallest absolute Gasteiger partial charge is 0.328 e. The van der Waals surface area contributed by atoms with E-state index in [9.17, 15) is 4.79 Å². The predicted molar refractivity (Wildman–Crippen MR) is 78.8 cm³/mol. The quantitative estimate of drug-likeness (QED) is 0.776. The van der Waals surface area contributed by atoms with Gasteiger partial charge in [-0.1, -0.05) is 13.0 Å². The van der Waals surface area contributed by atoms with Crippen LogP contribution in [-0.4, -0.2) is 23.8 Å². The van der Waals surface area contributed by atoms with E-state index < -0.39 is 5.97 Å². The average molecular weight is 278 g/mol. The van der Waals surface area contributed by atoms with Crippen LogP contribution in [0.2, 0.25) is 0 Å². The lowest BCUT2D eigenvalue weighted by Crippen LogP contribution is -2.22. The first-order chi connectivity index (χ1) is 9.38. The number of carbonyl (C=O) groups is 1. The molecular formula is C16H22O4. The van der Waals surface area contributed by atoms with Crippen LogP contribution in [0.1, 0.15) is 38.3 Å². The third-order valence-electron chi connectivity index (χ3n) is 3.19. The number of hydrogen-bond donors (Lipinski definition) is 1. The summed E-state index contributed by atoms with van der Waals surface area (Å²) in [5, 5.41) is 8.65. The highest BCUT2D eigenvalue weighted by molar-refractivity contribution is 5.85. The van der Waals surface area contributed by atoms with Crippen molar-refractivity contribution in [3.63, 3.8) is 0 Å². The van der Waals surface area contributed by atoms with Crippen LogP contribution < -0.4 is 4.74 Å². The van der Waals surface area contributed by atoms with E-state index >= 15 is 0 Å². The topological polar surface area (TPSA) is 55.8 Å². The Kier molecular flexibility index (Phi) is 5.77. The van der Waals surface area contributed by atoms with Crippen LogP contribution in [0.4, 0.5) is 0 Å². The van der Waals surface area contributed by atoms with Gasteiger partial charge >= 0.3 is 5.97 Å². The molecule has 110 valence electrons. The molecule has 20 heavy (non-hydrogen) atoms. The lowest BCUT2D eigenvalue weighted by atomic mass is 10.1. The van der Waals surface area contributed by atoms with Crippen molar-refractivity contribution in [2.24, 2.45) is 0 Å². The number of aliphatic carboxylic acids is 1. The summed E-state index contributed by atoms with van der Waals surface area (Å²) in [7, 11) is 1.61. The third kappa shape index (κ3) is 5.05. The molecule has 1 aromatic carbocycles. The van der Waals surface area contributed by atoms with Crippen LogP contribution in [0, 0.1) is 0 Å². The number of carboxylic acid groups (broad SMARTS) is 1. The molecule has 0 spiro atoms. The molecule has 0 bridgehead atoms. The van der Waals surface area contributed by atoms with Gasteiger partial charge in [-0.05, 0) is 44.0 Å². The van der Waals surface area contributed by atoms with Crippen LogP contribution in [0.3, 0.4) is 0 Å². The number of ether oxygens (including phenoxy) is 2. The molecule has 0 saturated carbocycles. The van der Waals surface area contributed by atoms with E-state index in [1.807, 2.05) is 32.0 Å². The van der Waals surface area contributed by atoms with Crippen molar-refractivity contribution in [1.29, 1.82) is 0 Å². The van der Waals surface area contributed by atoms with Gasteiger partial charge in [-0.3, -0.25) is 0 Å². The highest BCUT2D eigenvalue weighted by Crippen LogP contribution is 2.24. The van der Waals surface area contributed by atoms with Crippen LogP contribution in [0.25, 0.3) is 6.08 Å². The van der Waals surface area contributed by atoms with Crippen LogP contribution >= 0.6 is 0 Å². The molecular weight excluding hydrogens is 256 g/mol. The second-order valence-electron chi connectivity index (χ2n) is 5.14. The monoisotopic (exact) mass is 278 g/mol. The molecule has 1 rings (SSSR count). The summed E-state index contributed by atoms with van der Waals surface area (Å²) < 4.78 is 11.2. The number of methoxy groups -OCH3 is 1. The van der Waals surface area contributed by atoms with Gasteiger partial charge in [0.05, 0.1) is 19.3 Å². The maximum atomic E-state index is 10.5. The van der Waals surface area contributed by atoms with Gasteiger partial charge in [-0.2, -0.15) is 0 Å². The zero-order valence-corrected chi connectivity index (χ0v) is 12.5. The second kappa shape index (κ2) is 7.10. The zero-order chi connectivity index (χ0) is 15.2. The van der Waals surface area contributed by atoms with Crippen molar-refractivity contribution in [2.75, 3.05) is 7.11 Å². The van der Waals surface area contributed by atoms with Gasteiger partial charge in [0, 0.05) is 11.6 Å². The summed E-state index contributed by atoms with van der Waals surface area (Å²) >= 11 is 0. The van der Waals surface area contributed by atoms with Gasteiger partial charge < -0.3 is 14.6 Å². The Morgan fingerprint density at radius 2 is 2.10 bits per heavy atom. The first-order valence-corrected chi connectivity index (χ1v) is 6.60. The maximum Gasteiger partial charge on any atom is 0.328 e. The fourth-order valence-corrected chi connectivity index (χ4v) is 1.56. The first-order valence-electron chi connectivity index (χ1n) is 6.60. The minimum absolute atomic E-state index is 0.197. The second-order valence-corrected chi connectivity index (χ2v) is 5.14. The summed E-state index contributed by atoms with van der Waals surface area (Å²) in [5.41, 5.74) is 1.51. The molecule has 4 nitrogen and oxygen atoms in total. The van der Waals surface area contributed by atoms with Gasteiger partial charge in [0.25, 0.3) is 0 Å². The molecule has 0 heterocycles. The summed E-state index contributed by atoms with van der Waals surface area (Å²) in [6.07, 6.45) is 3.58. The third-order valence-corrected chi connectivity index (χ3v) is 3.19. The van der Waals surface area contributed by atoms with Crippen molar-refractivity contribution in [3.05, 3.63) is 35.4 Å². The normalized spacial score (nSPS) is 11.8. The van der Waals surface area contributed by atoms with Crippen molar-refractivity contribution in [3.8, 4) is 5.75 Å². The molecule has 0 aliphatic carbocycles. The van der Waals surface area contributed by atoms with Gasteiger partial charge in [0.15, 0.2) is 0 Å². The largest absolute Gasteiger partial charge is 0.496 e. The van der Waals surface area contributed by atoms with Crippen LogP contribution in [0.15, 0.2) is 24.3 Å². The Hall–Kier alpha value is -1.81. The minimum atomic E-state index is -0.967. The first kappa shape index (κ1) is 16.2. The van der Waals surface area contributed by atoms with E-state index in [-0.39, 0.29) is 5.60 Å². The molecule has 0 unspecified atom stereocenters. The summed E-state index contributed by atoms with van der Waals surface area (Å²) in [6.45, 7) is 6.57. The average Bonchev–Trinajstić information content (AvgIpc) is 2.43. The van der Waals surface area contributed by atoms with Gasteiger partial charge in [0.2, 0.25) is 0 Å². The molecule has 0 aliphatic rings. The molecule has 0 radical (unpaired) electrons. The van der Waals surface area contributed by atoms with E-state index in [1.54, 1.807) is 13.2 Å². The fourth-order valence-electron chi connectivity index (χ4n) is 1.56. The number of hydrogen-bond acceptors (Lipinski definition) is 3. The van der Waals surface area contributed by atoms with E-state index in [0.717, 1.165) is 29.4 Å². The van der Waals surface area contributed by atoms with Crippen molar-refractivity contribution >= 4 is 12.0 Å². The number of rotatable bonds is 7. The predicted octanol–water partition coefficient (Wildman–Crippen LogP) is 3.50. The van der Waals surface area contributed by atoms with Crippen molar-refractivity contribution in [2.45, 2.75) is 39.4 Å². The lowest BCUT2D eigenvalue weighted by molar-refractivity contribution is -0.131. The zero-order valence-electron chi connectivity index (χ0n) is 12.5. The molecule has 0 aliphatic heterocycles. The van der Waals surface area contributed by atoms with E-state index in [1.165, 1.54) is 0 Å². The Balaban J connectivity index is 2.91. The van der Waals surface area contributed by atoms with E-state index in [4.69, 9.17) is 14.6 Å². The summed E-state index contributed by atoms with van der Waals surface area (Å²) in [6, 6.07) is 5.51. The maximum absolute atomic E-state index is 10.5. The molecule has 0 atom stereocenters. The number of benzene rings is 1. The minimum Gasteiger partial charge on any atom is -0.496 e.